The summed E-state index contributed by atoms with van der Waals surface area (Å²) in [6, 6.07) is 15.3. The summed E-state index contributed by atoms with van der Waals surface area (Å²) >= 11 is 0. The van der Waals surface area contributed by atoms with Crippen molar-refractivity contribution in [3.63, 3.8) is 0 Å². The Balaban J connectivity index is 1.53. The first kappa shape index (κ1) is 21.6. The lowest BCUT2D eigenvalue weighted by Gasteiger charge is -2.28. The molecule has 1 aliphatic heterocycles. The van der Waals surface area contributed by atoms with Gasteiger partial charge in [-0.1, -0.05) is 42.0 Å². The number of carbonyl (C=O) groups is 2. The molecule has 0 aliphatic carbocycles. The molecule has 7 nitrogen and oxygen atoms in total. The van der Waals surface area contributed by atoms with E-state index in [2.05, 4.69) is 10.4 Å². The first-order valence-electron chi connectivity index (χ1n) is 10.9. The van der Waals surface area contributed by atoms with E-state index in [1.807, 2.05) is 57.3 Å². The summed E-state index contributed by atoms with van der Waals surface area (Å²) in [5.41, 5.74) is 4.90. The number of ether oxygens (including phenoxy) is 1. The van der Waals surface area contributed by atoms with Crippen LogP contribution in [0.5, 0.6) is 5.75 Å². The number of nitrogens with zero attached hydrogens (tertiary/aromatic N) is 3. The standard InChI is InChI=1S/C25H28N4O3/c1-4-32-22-11-6-5-10-19(22)25(31)29-13-12-21-20(16-29)23(27-28(21)3)24(30)26-15-18-9-7-8-17(2)14-18/h5-11,14H,4,12-13,15-16H2,1-3H3,(H,26,30). The van der Waals surface area contributed by atoms with E-state index in [9.17, 15) is 9.59 Å². The Labute approximate surface area is 188 Å². The molecule has 7 heteroatoms. The summed E-state index contributed by atoms with van der Waals surface area (Å²) in [5.74, 6) is 0.246. The zero-order chi connectivity index (χ0) is 22.7. The van der Waals surface area contributed by atoms with Gasteiger partial charge in [0.25, 0.3) is 11.8 Å². The summed E-state index contributed by atoms with van der Waals surface area (Å²) in [6.07, 6.45) is 0.645. The normalized spacial score (nSPS) is 12.9. The molecule has 4 rings (SSSR count). The largest absolute Gasteiger partial charge is 0.493 e. The number of hydrogen-bond acceptors (Lipinski definition) is 4. The van der Waals surface area contributed by atoms with Crippen LogP contribution >= 0.6 is 0 Å². The zero-order valence-corrected chi connectivity index (χ0v) is 18.7. The van der Waals surface area contributed by atoms with E-state index in [-0.39, 0.29) is 11.8 Å². The van der Waals surface area contributed by atoms with Gasteiger partial charge in [0, 0.05) is 37.8 Å². The predicted molar refractivity (Wildman–Crippen MR) is 122 cm³/mol. The van der Waals surface area contributed by atoms with Crippen molar-refractivity contribution in [1.82, 2.24) is 20.0 Å². The van der Waals surface area contributed by atoms with E-state index in [1.165, 1.54) is 0 Å². The van der Waals surface area contributed by atoms with E-state index < -0.39 is 0 Å². The highest BCUT2D eigenvalue weighted by Crippen LogP contribution is 2.26. The van der Waals surface area contributed by atoms with Gasteiger partial charge >= 0.3 is 0 Å². The van der Waals surface area contributed by atoms with Crippen molar-refractivity contribution >= 4 is 11.8 Å². The summed E-state index contributed by atoms with van der Waals surface area (Å²) in [4.78, 5) is 28.0. The fourth-order valence-corrected chi connectivity index (χ4v) is 4.13. The predicted octanol–water partition coefficient (Wildman–Crippen LogP) is 3.26. The van der Waals surface area contributed by atoms with E-state index in [0.717, 1.165) is 22.4 Å². The summed E-state index contributed by atoms with van der Waals surface area (Å²) < 4.78 is 7.40. The number of hydrogen-bond donors (Lipinski definition) is 1. The van der Waals surface area contributed by atoms with Crippen LogP contribution in [0.2, 0.25) is 0 Å². The van der Waals surface area contributed by atoms with Crippen LogP contribution in [-0.2, 0) is 26.6 Å². The average molecular weight is 433 g/mol. The molecule has 0 saturated carbocycles. The minimum atomic E-state index is -0.229. The Morgan fingerprint density at radius 1 is 1.16 bits per heavy atom. The second-order valence-corrected chi connectivity index (χ2v) is 7.98. The smallest absolute Gasteiger partial charge is 0.272 e. The highest BCUT2D eigenvalue weighted by Gasteiger charge is 2.30. The first-order chi connectivity index (χ1) is 15.5. The number of para-hydroxylation sites is 1. The van der Waals surface area contributed by atoms with E-state index in [0.29, 0.717) is 49.7 Å². The van der Waals surface area contributed by atoms with Crippen LogP contribution in [0.3, 0.4) is 0 Å². The molecule has 0 unspecified atom stereocenters. The quantitative estimate of drug-likeness (QED) is 0.649. The fraction of sp³-hybridized carbons (Fsp3) is 0.320. The maximum absolute atomic E-state index is 13.3. The van der Waals surface area contributed by atoms with Crippen molar-refractivity contribution in [1.29, 1.82) is 0 Å². The van der Waals surface area contributed by atoms with Crippen molar-refractivity contribution in [3.05, 3.63) is 82.2 Å². The van der Waals surface area contributed by atoms with Crippen molar-refractivity contribution in [2.75, 3.05) is 13.2 Å². The van der Waals surface area contributed by atoms with Crippen molar-refractivity contribution < 1.29 is 14.3 Å². The van der Waals surface area contributed by atoms with E-state index in [1.54, 1.807) is 21.7 Å². The van der Waals surface area contributed by atoms with Gasteiger partial charge in [0.1, 0.15) is 5.75 Å². The minimum Gasteiger partial charge on any atom is -0.493 e. The number of nitrogens with one attached hydrogen (secondary N) is 1. The molecule has 166 valence electrons. The molecule has 0 fully saturated rings. The fourth-order valence-electron chi connectivity index (χ4n) is 4.13. The molecule has 1 aliphatic rings. The van der Waals surface area contributed by atoms with Gasteiger partial charge in [0.2, 0.25) is 0 Å². The summed E-state index contributed by atoms with van der Waals surface area (Å²) in [6.45, 7) is 5.74. The molecule has 0 radical (unpaired) electrons. The van der Waals surface area contributed by atoms with Crippen LogP contribution in [0, 0.1) is 6.92 Å². The third kappa shape index (κ3) is 4.37. The highest BCUT2D eigenvalue weighted by molar-refractivity contribution is 5.98. The Morgan fingerprint density at radius 3 is 2.75 bits per heavy atom. The molecule has 3 aromatic rings. The SMILES string of the molecule is CCOc1ccccc1C(=O)N1CCc2c(c(C(=O)NCc3cccc(C)c3)nn2C)C1. The lowest BCUT2D eigenvalue weighted by Crippen LogP contribution is -2.37. The van der Waals surface area contributed by atoms with Gasteiger partial charge in [0.15, 0.2) is 5.69 Å². The number of fused-ring (bicyclic) bond motifs is 1. The van der Waals surface area contributed by atoms with Gasteiger partial charge in [-0.3, -0.25) is 14.3 Å². The second kappa shape index (κ2) is 9.26. The molecule has 1 N–H and O–H groups in total. The third-order valence-electron chi connectivity index (χ3n) is 5.70. The Kier molecular flexibility index (Phi) is 6.25. The molecule has 2 heterocycles. The van der Waals surface area contributed by atoms with Gasteiger partial charge in [-0.05, 0) is 31.5 Å². The minimum absolute atomic E-state index is 0.102. The number of aromatic nitrogens is 2. The average Bonchev–Trinajstić information content (AvgIpc) is 3.13. The first-order valence-corrected chi connectivity index (χ1v) is 10.9. The highest BCUT2D eigenvalue weighted by atomic mass is 16.5. The maximum atomic E-state index is 13.3. The van der Waals surface area contributed by atoms with Crippen molar-refractivity contribution in [2.24, 2.45) is 7.05 Å². The molecule has 0 saturated heterocycles. The lowest BCUT2D eigenvalue weighted by molar-refractivity contribution is 0.0726. The van der Waals surface area contributed by atoms with E-state index in [4.69, 9.17) is 4.74 Å². The Bertz CT molecular complexity index is 1150. The molecule has 2 aromatic carbocycles. The number of aryl methyl sites for hydroxylation is 2. The summed E-state index contributed by atoms with van der Waals surface area (Å²) in [7, 11) is 1.85. The van der Waals surface area contributed by atoms with Crippen LogP contribution in [0.15, 0.2) is 48.5 Å². The molecular formula is C25H28N4O3. The van der Waals surface area contributed by atoms with Crippen molar-refractivity contribution in [3.8, 4) is 5.75 Å². The molecule has 0 spiro atoms. The van der Waals surface area contributed by atoms with Gasteiger partial charge in [-0.15, -0.1) is 0 Å². The molecule has 32 heavy (non-hydrogen) atoms. The third-order valence-corrected chi connectivity index (χ3v) is 5.70. The van der Waals surface area contributed by atoms with E-state index >= 15 is 0 Å². The number of carbonyl (C=O) groups excluding carboxylic acids is 2. The van der Waals surface area contributed by atoms with Gasteiger partial charge in [-0.25, -0.2) is 0 Å². The van der Waals surface area contributed by atoms with Crippen LogP contribution in [0.1, 0.15) is 50.2 Å². The van der Waals surface area contributed by atoms with Crippen LogP contribution < -0.4 is 10.1 Å². The summed E-state index contributed by atoms with van der Waals surface area (Å²) in [5, 5.41) is 7.45. The van der Waals surface area contributed by atoms with Gasteiger partial charge < -0.3 is 15.0 Å². The van der Waals surface area contributed by atoms with Crippen LogP contribution in [0.4, 0.5) is 0 Å². The maximum Gasteiger partial charge on any atom is 0.272 e. The molecule has 2 amide bonds. The Morgan fingerprint density at radius 2 is 1.97 bits per heavy atom. The number of benzene rings is 2. The van der Waals surface area contributed by atoms with Crippen LogP contribution in [0.25, 0.3) is 0 Å². The van der Waals surface area contributed by atoms with Gasteiger partial charge in [-0.2, -0.15) is 5.10 Å². The van der Waals surface area contributed by atoms with Crippen LogP contribution in [-0.4, -0.2) is 39.6 Å². The molecular weight excluding hydrogens is 404 g/mol. The molecule has 0 atom stereocenters. The topological polar surface area (TPSA) is 76.5 Å². The number of amides is 2. The molecule has 0 bridgehead atoms. The second-order valence-electron chi connectivity index (χ2n) is 7.98. The number of rotatable bonds is 6. The lowest BCUT2D eigenvalue weighted by atomic mass is 10.0. The zero-order valence-electron chi connectivity index (χ0n) is 18.7. The Hall–Kier alpha value is -3.61. The van der Waals surface area contributed by atoms with Crippen molar-refractivity contribution in [2.45, 2.75) is 33.4 Å². The van der Waals surface area contributed by atoms with Gasteiger partial charge in [0.05, 0.1) is 18.7 Å². The molecule has 1 aromatic heterocycles. The monoisotopic (exact) mass is 432 g/mol.